The highest BCUT2D eigenvalue weighted by Gasteiger charge is 2.27. The first kappa shape index (κ1) is 25.5. The normalized spacial score (nSPS) is 15.2. The van der Waals surface area contributed by atoms with Gasteiger partial charge in [0.05, 0.1) is 27.9 Å². The number of nitrogens with one attached hydrogen (secondary N) is 1. The fourth-order valence-corrected chi connectivity index (χ4v) is 5.51. The van der Waals surface area contributed by atoms with E-state index in [1.54, 1.807) is 49.4 Å². The summed E-state index contributed by atoms with van der Waals surface area (Å²) in [7, 11) is -3.65. The van der Waals surface area contributed by atoms with Crippen molar-refractivity contribution in [3.63, 3.8) is 0 Å². The fourth-order valence-electron chi connectivity index (χ4n) is 3.97. The largest absolute Gasteiger partial charge is 0.481 e. The van der Waals surface area contributed by atoms with Crippen LogP contribution in [0.2, 0.25) is 0 Å². The molecule has 1 heterocycles. The van der Waals surface area contributed by atoms with Gasteiger partial charge in [0.15, 0.2) is 6.10 Å². The number of nitriles is 1. The molecule has 1 aliphatic rings. The molecule has 1 fully saturated rings. The van der Waals surface area contributed by atoms with Crippen LogP contribution in [0, 0.1) is 11.3 Å². The van der Waals surface area contributed by atoms with E-state index < -0.39 is 22.0 Å². The second kappa shape index (κ2) is 11.4. The molecule has 2 aromatic carbocycles. The number of hydrogen-bond donors (Lipinski definition) is 1. The van der Waals surface area contributed by atoms with E-state index in [-0.39, 0.29) is 4.90 Å². The van der Waals surface area contributed by atoms with E-state index in [2.05, 4.69) is 10.2 Å². The Kier molecular flexibility index (Phi) is 8.53. The molecule has 0 spiro atoms. The lowest BCUT2D eigenvalue weighted by Gasteiger charge is -2.28. The summed E-state index contributed by atoms with van der Waals surface area (Å²) in [6.45, 7) is 8.06. The number of sulfonamides is 1. The Bertz CT molecular complexity index is 1130. The van der Waals surface area contributed by atoms with Crippen LogP contribution in [0.5, 0.6) is 5.75 Å². The minimum absolute atomic E-state index is 0.168. The zero-order valence-corrected chi connectivity index (χ0v) is 20.8. The summed E-state index contributed by atoms with van der Waals surface area (Å²) in [6.07, 6.45) is 1.90. The maximum absolute atomic E-state index is 13.2. The van der Waals surface area contributed by atoms with Gasteiger partial charge in [-0.1, -0.05) is 6.42 Å². The second-order valence-corrected chi connectivity index (χ2v) is 10.1. The summed E-state index contributed by atoms with van der Waals surface area (Å²) in [4.78, 5) is 15.2. The average molecular weight is 485 g/mol. The van der Waals surface area contributed by atoms with Crippen LogP contribution in [-0.4, -0.2) is 50.9 Å². The molecule has 182 valence electrons. The van der Waals surface area contributed by atoms with E-state index in [4.69, 9.17) is 10.00 Å². The summed E-state index contributed by atoms with van der Waals surface area (Å²) in [5, 5.41) is 11.8. The predicted molar refractivity (Wildman–Crippen MR) is 132 cm³/mol. The molecule has 0 bridgehead atoms. The van der Waals surface area contributed by atoms with Gasteiger partial charge in [0.1, 0.15) is 5.75 Å². The lowest BCUT2D eigenvalue weighted by atomic mass is 10.2. The first-order chi connectivity index (χ1) is 16.3. The summed E-state index contributed by atoms with van der Waals surface area (Å²) >= 11 is 0. The van der Waals surface area contributed by atoms with Crippen LogP contribution >= 0.6 is 0 Å². The maximum atomic E-state index is 13.2. The summed E-state index contributed by atoms with van der Waals surface area (Å²) in [6, 6.07) is 13.5. The molecule has 0 radical (unpaired) electrons. The lowest BCUT2D eigenvalue weighted by molar-refractivity contribution is -0.122. The van der Waals surface area contributed by atoms with Gasteiger partial charge in [-0.05, 0) is 76.1 Å². The van der Waals surface area contributed by atoms with Gasteiger partial charge >= 0.3 is 0 Å². The Balaban J connectivity index is 1.86. The number of carbonyl (C=O) groups is 1. The van der Waals surface area contributed by atoms with Crippen molar-refractivity contribution in [3.8, 4) is 11.8 Å². The van der Waals surface area contributed by atoms with Gasteiger partial charge in [0.25, 0.3) is 5.91 Å². The topological polar surface area (TPSA) is 103 Å². The van der Waals surface area contributed by atoms with Crippen LogP contribution in [0.1, 0.15) is 45.6 Å². The van der Waals surface area contributed by atoms with Crippen molar-refractivity contribution < 1.29 is 17.9 Å². The minimum atomic E-state index is -3.65. The molecule has 8 nitrogen and oxygen atoms in total. The van der Waals surface area contributed by atoms with Gasteiger partial charge in [0.2, 0.25) is 10.0 Å². The molecule has 1 unspecified atom stereocenters. The molecule has 2 aromatic rings. The lowest BCUT2D eigenvalue weighted by Crippen LogP contribution is -2.36. The molecular weight excluding hydrogens is 452 g/mol. The van der Waals surface area contributed by atoms with Crippen LogP contribution in [0.15, 0.2) is 47.4 Å². The number of anilines is 2. The summed E-state index contributed by atoms with van der Waals surface area (Å²) < 4.78 is 33.7. The third kappa shape index (κ3) is 5.88. The number of amides is 1. The first-order valence-corrected chi connectivity index (χ1v) is 13.1. The molecule has 0 aliphatic carbocycles. The molecule has 1 N–H and O–H groups in total. The number of piperidine rings is 1. The van der Waals surface area contributed by atoms with Crippen molar-refractivity contribution in [3.05, 3.63) is 48.0 Å². The van der Waals surface area contributed by atoms with Gasteiger partial charge in [-0.25, -0.2) is 8.42 Å². The summed E-state index contributed by atoms with van der Waals surface area (Å²) in [5.74, 6) is 0.0670. The molecule has 9 heteroatoms. The monoisotopic (exact) mass is 484 g/mol. The van der Waals surface area contributed by atoms with Gasteiger partial charge in [-0.2, -0.15) is 9.57 Å². The standard InChI is InChI=1S/C25H32N4O4S/c1-4-28(5-2)24-14-13-22(34(31,32)29-15-7-6-8-16-29)17-23(24)27-25(30)19(3)33-21-11-9-20(18-26)10-12-21/h9-14,17,19H,4-8,15-16H2,1-3H3,(H,27,30). The highest BCUT2D eigenvalue weighted by atomic mass is 32.2. The Morgan fingerprint density at radius 1 is 1.12 bits per heavy atom. The Morgan fingerprint density at radius 2 is 1.76 bits per heavy atom. The van der Waals surface area contributed by atoms with Crippen molar-refractivity contribution in [1.82, 2.24) is 4.31 Å². The van der Waals surface area contributed by atoms with Gasteiger partial charge in [-0.3, -0.25) is 4.79 Å². The number of benzene rings is 2. The van der Waals surface area contributed by atoms with E-state index in [0.29, 0.717) is 43.2 Å². The highest BCUT2D eigenvalue weighted by molar-refractivity contribution is 7.89. The number of rotatable bonds is 9. The zero-order chi connectivity index (χ0) is 24.7. The van der Waals surface area contributed by atoms with Crippen molar-refractivity contribution >= 4 is 27.3 Å². The highest BCUT2D eigenvalue weighted by Crippen LogP contribution is 2.31. The smallest absolute Gasteiger partial charge is 0.265 e. The van der Waals surface area contributed by atoms with Crippen LogP contribution in [0.25, 0.3) is 0 Å². The van der Waals surface area contributed by atoms with Crippen LogP contribution < -0.4 is 15.0 Å². The Morgan fingerprint density at radius 3 is 2.35 bits per heavy atom. The molecule has 1 saturated heterocycles. The SMILES string of the molecule is CCN(CC)c1ccc(S(=O)(=O)N2CCCCC2)cc1NC(=O)C(C)Oc1ccc(C#N)cc1. The van der Waals surface area contributed by atoms with E-state index >= 15 is 0 Å². The van der Waals surface area contributed by atoms with Crippen molar-refractivity contribution in [2.24, 2.45) is 0 Å². The zero-order valence-electron chi connectivity index (χ0n) is 20.0. The van der Waals surface area contributed by atoms with Gasteiger partial charge in [0, 0.05) is 26.2 Å². The molecule has 1 aliphatic heterocycles. The Hall–Kier alpha value is -3.09. The van der Waals surface area contributed by atoms with Crippen LogP contribution in [0.4, 0.5) is 11.4 Å². The molecule has 34 heavy (non-hydrogen) atoms. The van der Waals surface area contributed by atoms with Crippen LogP contribution in [-0.2, 0) is 14.8 Å². The third-order valence-corrected chi connectivity index (χ3v) is 7.84. The van der Waals surface area contributed by atoms with Crippen molar-refractivity contribution in [2.75, 3.05) is 36.4 Å². The third-order valence-electron chi connectivity index (χ3n) is 5.95. The molecule has 0 saturated carbocycles. The molecule has 1 amide bonds. The molecule has 0 aromatic heterocycles. The Labute approximate surface area is 202 Å². The van der Waals surface area contributed by atoms with E-state index in [9.17, 15) is 13.2 Å². The van der Waals surface area contributed by atoms with Gasteiger partial charge < -0.3 is 15.0 Å². The number of ether oxygens (including phenoxy) is 1. The van der Waals surface area contributed by atoms with E-state index in [1.165, 1.54) is 4.31 Å². The van der Waals surface area contributed by atoms with E-state index in [0.717, 1.165) is 24.9 Å². The first-order valence-electron chi connectivity index (χ1n) is 11.7. The van der Waals surface area contributed by atoms with Crippen molar-refractivity contribution in [2.45, 2.75) is 51.0 Å². The predicted octanol–water partition coefficient (Wildman–Crippen LogP) is 3.99. The second-order valence-electron chi connectivity index (χ2n) is 8.20. The molecular formula is C25H32N4O4S. The minimum Gasteiger partial charge on any atom is -0.481 e. The van der Waals surface area contributed by atoms with Gasteiger partial charge in [-0.15, -0.1) is 0 Å². The molecule has 1 atom stereocenters. The quantitative estimate of drug-likeness (QED) is 0.577. The number of hydrogen-bond acceptors (Lipinski definition) is 6. The molecule has 3 rings (SSSR count). The maximum Gasteiger partial charge on any atom is 0.265 e. The summed E-state index contributed by atoms with van der Waals surface area (Å²) in [5.41, 5.74) is 1.68. The number of carbonyl (C=O) groups excluding carboxylic acids is 1. The van der Waals surface area contributed by atoms with Crippen LogP contribution in [0.3, 0.4) is 0 Å². The van der Waals surface area contributed by atoms with Crippen molar-refractivity contribution in [1.29, 1.82) is 5.26 Å². The number of nitrogens with zero attached hydrogens (tertiary/aromatic N) is 3. The average Bonchev–Trinajstić information content (AvgIpc) is 2.86. The fraction of sp³-hybridized carbons (Fsp3) is 0.440. The van der Waals surface area contributed by atoms with E-state index in [1.807, 2.05) is 19.9 Å².